The summed E-state index contributed by atoms with van der Waals surface area (Å²) in [6.45, 7) is 8.28. The molecule has 2 aromatic heterocycles. The zero-order valence-corrected chi connectivity index (χ0v) is 17.8. The Hall–Kier alpha value is -2.29. The molecule has 0 unspecified atom stereocenters. The number of aromatic nitrogens is 3. The monoisotopic (exact) mass is 412 g/mol. The van der Waals surface area contributed by atoms with Gasteiger partial charge < -0.3 is 21.2 Å². The van der Waals surface area contributed by atoms with Gasteiger partial charge in [-0.15, -0.1) is 0 Å². The summed E-state index contributed by atoms with van der Waals surface area (Å²) in [5.41, 5.74) is 17.0. The van der Waals surface area contributed by atoms with Gasteiger partial charge in [0.15, 0.2) is 5.82 Å². The number of nitrogens with two attached hydrogens (primary N) is 2. The zero-order valence-electron chi connectivity index (χ0n) is 17.0. The van der Waals surface area contributed by atoms with Crippen LogP contribution >= 0.6 is 11.8 Å². The molecule has 0 amide bonds. The van der Waals surface area contributed by atoms with Crippen LogP contribution in [0.1, 0.15) is 36.8 Å². The lowest BCUT2D eigenvalue weighted by Gasteiger charge is -2.16. The van der Waals surface area contributed by atoms with Crippen LogP contribution in [0, 0.1) is 6.92 Å². The number of nitrogens with one attached hydrogen (secondary N) is 1. The summed E-state index contributed by atoms with van der Waals surface area (Å²) in [6, 6.07) is 6.36. The van der Waals surface area contributed by atoms with Crippen molar-refractivity contribution in [1.29, 1.82) is 0 Å². The summed E-state index contributed by atoms with van der Waals surface area (Å²) in [4.78, 5) is 16.9. The number of hydrogen-bond acceptors (Lipinski definition) is 7. The van der Waals surface area contributed by atoms with Crippen LogP contribution < -0.4 is 11.5 Å². The number of aromatic amines is 1. The van der Waals surface area contributed by atoms with Gasteiger partial charge in [-0.1, -0.05) is 17.8 Å². The zero-order chi connectivity index (χ0) is 20.4. The molecule has 1 aliphatic heterocycles. The molecule has 5 N–H and O–H groups in total. The van der Waals surface area contributed by atoms with Crippen LogP contribution in [-0.2, 0) is 17.9 Å². The summed E-state index contributed by atoms with van der Waals surface area (Å²) in [5, 5.41) is 0. The molecule has 154 valence electrons. The molecular weight excluding hydrogens is 384 g/mol. The first-order chi connectivity index (χ1) is 14.0. The van der Waals surface area contributed by atoms with Crippen LogP contribution in [0.2, 0.25) is 0 Å². The predicted octanol–water partition coefficient (Wildman–Crippen LogP) is 3.71. The second-order valence-electron chi connectivity index (χ2n) is 7.41. The number of anilines is 2. The van der Waals surface area contributed by atoms with Gasteiger partial charge >= 0.3 is 0 Å². The summed E-state index contributed by atoms with van der Waals surface area (Å²) < 4.78 is 5.48. The third-order valence-electron chi connectivity index (χ3n) is 5.17. The molecule has 8 heteroatoms. The van der Waals surface area contributed by atoms with Gasteiger partial charge in [0.1, 0.15) is 17.9 Å². The molecule has 0 aliphatic carbocycles. The Morgan fingerprint density at radius 1 is 1.21 bits per heavy atom. The van der Waals surface area contributed by atoms with Crippen molar-refractivity contribution in [2.75, 3.05) is 31.2 Å². The molecule has 0 saturated carbocycles. The first-order valence-electron chi connectivity index (χ1n) is 10.1. The van der Waals surface area contributed by atoms with Gasteiger partial charge in [0.2, 0.25) is 0 Å². The standard InChI is InChI=1S/C21H28N6OS/c1-3-28-12-17-25-18-19(26-17)21(23)24-13(2)20(18)29-16-7-6-14(10-15(16)22)11-27-8-4-5-9-27/h6-7,10H,3-5,8-9,11-12,22H2,1-2H3,(H2,23,24)(H,25,26). The number of fused-ring (bicyclic) bond motifs is 1. The van der Waals surface area contributed by atoms with E-state index in [1.54, 1.807) is 11.8 Å². The van der Waals surface area contributed by atoms with E-state index in [1.165, 1.54) is 31.5 Å². The number of nitrogens with zero attached hydrogens (tertiary/aromatic N) is 3. The van der Waals surface area contributed by atoms with E-state index in [0.717, 1.165) is 39.1 Å². The molecular formula is C21H28N6OS. The van der Waals surface area contributed by atoms with Crippen molar-refractivity contribution in [3.63, 3.8) is 0 Å². The molecule has 0 radical (unpaired) electrons. The number of imidazole rings is 1. The Morgan fingerprint density at radius 2 is 2.00 bits per heavy atom. The average molecular weight is 413 g/mol. The van der Waals surface area contributed by atoms with Gasteiger partial charge in [0.05, 0.1) is 16.1 Å². The number of benzene rings is 1. The number of pyridine rings is 1. The van der Waals surface area contributed by atoms with Crippen LogP contribution in [0.3, 0.4) is 0 Å². The number of aryl methyl sites for hydroxylation is 1. The molecule has 0 atom stereocenters. The minimum atomic E-state index is 0.418. The minimum Gasteiger partial charge on any atom is -0.398 e. The van der Waals surface area contributed by atoms with Gasteiger partial charge in [-0.2, -0.15) is 0 Å². The van der Waals surface area contributed by atoms with Crippen LogP contribution in [0.25, 0.3) is 11.0 Å². The first-order valence-corrected chi connectivity index (χ1v) is 10.9. The minimum absolute atomic E-state index is 0.418. The topological polar surface area (TPSA) is 106 Å². The smallest absolute Gasteiger partial charge is 0.151 e. The summed E-state index contributed by atoms with van der Waals surface area (Å²) >= 11 is 1.60. The molecule has 1 aromatic carbocycles. The van der Waals surface area contributed by atoms with Crippen molar-refractivity contribution in [3.8, 4) is 0 Å². The van der Waals surface area contributed by atoms with Gasteiger partial charge in [0, 0.05) is 23.7 Å². The maximum Gasteiger partial charge on any atom is 0.151 e. The van der Waals surface area contributed by atoms with Gasteiger partial charge in [-0.25, -0.2) is 9.97 Å². The van der Waals surface area contributed by atoms with Gasteiger partial charge in [-0.3, -0.25) is 4.90 Å². The average Bonchev–Trinajstić information content (AvgIpc) is 3.35. The van der Waals surface area contributed by atoms with Crippen LogP contribution in [0.5, 0.6) is 0 Å². The Balaban J connectivity index is 1.62. The lowest BCUT2D eigenvalue weighted by molar-refractivity contribution is 0.129. The van der Waals surface area contributed by atoms with Gasteiger partial charge in [0.25, 0.3) is 0 Å². The third kappa shape index (κ3) is 4.34. The van der Waals surface area contributed by atoms with Crippen molar-refractivity contribution < 1.29 is 4.74 Å². The fourth-order valence-electron chi connectivity index (χ4n) is 3.73. The maximum absolute atomic E-state index is 6.41. The third-order valence-corrected chi connectivity index (χ3v) is 6.47. The molecule has 0 bridgehead atoms. The molecule has 1 fully saturated rings. The highest BCUT2D eigenvalue weighted by Gasteiger charge is 2.17. The summed E-state index contributed by atoms with van der Waals surface area (Å²) in [5.74, 6) is 1.17. The number of nitrogen functional groups attached to an aromatic ring is 2. The lowest BCUT2D eigenvalue weighted by Crippen LogP contribution is -2.18. The highest BCUT2D eigenvalue weighted by molar-refractivity contribution is 7.99. The highest BCUT2D eigenvalue weighted by atomic mass is 32.2. The SMILES string of the molecule is CCOCc1nc2c(N)nc(C)c(Sc3ccc(CN4CCCC4)cc3N)c2[nH]1. The van der Waals surface area contributed by atoms with E-state index in [2.05, 4.69) is 38.1 Å². The largest absolute Gasteiger partial charge is 0.398 e. The number of H-pyrrole nitrogens is 1. The Morgan fingerprint density at radius 3 is 2.72 bits per heavy atom. The van der Waals surface area contributed by atoms with Crippen molar-refractivity contribution >= 4 is 34.3 Å². The van der Waals surface area contributed by atoms with Crippen molar-refractivity contribution in [2.24, 2.45) is 0 Å². The molecule has 4 rings (SSSR count). The van der Waals surface area contributed by atoms with Gasteiger partial charge in [-0.05, 0) is 57.5 Å². The second kappa shape index (κ2) is 8.61. The second-order valence-corrected chi connectivity index (χ2v) is 8.47. The van der Waals surface area contributed by atoms with Crippen LogP contribution in [-0.4, -0.2) is 39.5 Å². The number of hydrogen-bond donors (Lipinski definition) is 3. The highest BCUT2D eigenvalue weighted by Crippen LogP contribution is 2.39. The quantitative estimate of drug-likeness (QED) is 0.508. The molecule has 3 aromatic rings. The normalized spacial score (nSPS) is 14.8. The fourth-order valence-corrected chi connectivity index (χ4v) is 4.70. The van der Waals surface area contributed by atoms with Crippen LogP contribution in [0.15, 0.2) is 28.0 Å². The summed E-state index contributed by atoms with van der Waals surface area (Å²) in [6.07, 6.45) is 2.58. The van der Waals surface area contributed by atoms with E-state index in [1.807, 2.05) is 13.8 Å². The molecule has 0 spiro atoms. The van der Waals surface area contributed by atoms with E-state index >= 15 is 0 Å². The van der Waals surface area contributed by atoms with E-state index in [4.69, 9.17) is 16.2 Å². The van der Waals surface area contributed by atoms with E-state index < -0.39 is 0 Å². The van der Waals surface area contributed by atoms with Crippen molar-refractivity contribution in [3.05, 3.63) is 35.3 Å². The Kier molecular flexibility index (Phi) is 5.94. The molecule has 29 heavy (non-hydrogen) atoms. The Bertz CT molecular complexity index is 1010. The molecule has 7 nitrogen and oxygen atoms in total. The number of rotatable bonds is 7. The number of likely N-dealkylation sites (tertiary alicyclic amines) is 1. The fraction of sp³-hybridized carbons (Fsp3) is 0.429. The van der Waals surface area contributed by atoms with Crippen molar-refractivity contribution in [2.45, 2.75) is 49.6 Å². The predicted molar refractivity (Wildman–Crippen MR) is 118 cm³/mol. The maximum atomic E-state index is 6.41. The molecule has 1 aliphatic rings. The number of ether oxygens (including phenoxy) is 1. The lowest BCUT2D eigenvalue weighted by atomic mass is 10.2. The van der Waals surface area contributed by atoms with E-state index in [-0.39, 0.29) is 0 Å². The van der Waals surface area contributed by atoms with E-state index in [0.29, 0.717) is 24.5 Å². The molecule has 1 saturated heterocycles. The summed E-state index contributed by atoms with van der Waals surface area (Å²) in [7, 11) is 0. The van der Waals surface area contributed by atoms with Crippen molar-refractivity contribution in [1.82, 2.24) is 19.9 Å². The van der Waals surface area contributed by atoms with E-state index in [9.17, 15) is 0 Å². The molecule has 3 heterocycles. The Labute approximate surface area is 175 Å². The first kappa shape index (κ1) is 20.0. The van der Waals surface area contributed by atoms with Crippen LogP contribution in [0.4, 0.5) is 11.5 Å².